The van der Waals surface area contributed by atoms with Crippen LogP contribution in [0.15, 0.2) is 48.5 Å². The Balaban J connectivity index is 1.24. The van der Waals surface area contributed by atoms with Gasteiger partial charge in [0.25, 0.3) is 0 Å². The molecule has 33 heavy (non-hydrogen) atoms. The summed E-state index contributed by atoms with van der Waals surface area (Å²) in [6, 6.07) is 17.1. The molecule has 1 aliphatic heterocycles. The molecule has 0 radical (unpaired) electrons. The topological polar surface area (TPSA) is 49.8 Å². The third kappa shape index (κ3) is 4.68. The highest BCUT2D eigenvalue weighted by molar-refractivity contribution is 5.74. The molecule has 2 aliphatic carbocycles. The normalized spacial score (nSPS) is 26.8. The summed E-state index contributed by atoms with van der Waals surface area (Å²) in [7, 11) is 0. The van der Waals surface area contributed by atoms with Crippen molar-refractivity contribution in [3.63, 3.8) is 0 Å². The van der Waals surface area contributed by atoms with Gasteiger partial charge in [-0.3, -0.25) is 9.69 Å². The van der Waals surface area contributed by atoms with Gasteiger partial charge < -0.3 is 9.84 Å². The van der Waals surface area contributed by atoms with E-state index in [9.17, 15) is 9.90 Å². The first-order valence-corrected chi connectivity index (χ1v) is 12.9. The molecule has 1 heterocycles. The molecule has 5 rings (SSSR count). The van der Waals surface area contributed by atoms with Crippen LogP contribution >= 0.6 is 0 Å². The summed E-state index contributed by atoms with van der Waals surface area (Å²) in [5, 5.41) is 11.0. The summed E-state index contributed by atoms with van der Waals surface area (Å²) in [6.45, 7) is 3.24. The monoisotopic (exact) mass is 447 g/mol. The summed E-state index contributed by atoms with van der Waals surface area (Å²) in [6.07, 6.45) is 9.60. The van der Waals surface area contributed by atoms with Crippen molar-refractivity contribution in [2.24, 2.45) is 5.92 Å². The summed E-state index contributed by atoms with van der Waals surface area (Å²) >= 11 is 0. The quantitative estimate of drug-likeness (QED) is 0.427. The Hall–Kier alpha value is -2.33. The number of rotatable bonds is 6. The summed E-state index contributed by atoms with van der Waals surface area (Å²) < 4.78 is 6.09. The molecule has 0 aromatic heterocycles. The van der Waals surface area contributed by atoms with Crippen molar-refractivity contribution in [2.45, 2.75) is 88.8 Å². The Kier molecular flexibility index (Phi) is 6.73. The van der Waals surface area contributed by atoms with E-state index in [4.69, 9.17) is 4.74 Å². The number of carbonyl (C=O) groups excluding carboxylic acids is 1. The van der Waals surface area contributed by atoms with Gasteiger partial charge in [-0.2, -0.15) is 0 Å². The molecule has 4 atom stereocenters. The van der Waals surface area contributed by atoms with E-state index in [2.05, 4.69) is 42.2 Å². The zero-order valence-electron chi connectivity index (χ0n) is 19.8. The largest absolute Gasteiger partial charge is 0.507 e. The Morgan fingerprint density at radius 3 is 2.52 bits per heavy atom. The van der Waals surface area contributed by atoms with E-state index in [0.29, 0.717) is 35.2 Å². The number of piperidine rings is 1. The lowest BCUT2D eigenvalue weighted by Gasteiger charge is -2.33. The Bertz CT molecular complexity index is 951. The van der Waals surface area contributed by atoms with Crippen LogP contribution in [0.1, 0.15) is 86.9 Å². The third-order valence-electron chi connectivity index (χ3n) is 8.38. The highest BCUT2D eigenvalue weighted by atomic mass is 16.5. The number of ether oxygens (including phenoxy) is 1. The molecule has 176 valence electrons. The lowest BCUT2D eigenvalue weighted by atomic mass is 9.89. The second-order valence-electron chi connectivity index (χ2n) is 10.4. The number of nitrogens with zero attached hydrogens (tertiary/aromatic N) is 1. The van der Waals surface area contributed by atoms with Crippen molar-refractivity contribution >= 4 is 5.97 Å². The SMILES string of the molecule is CC(c1ccccc1)N1CC2CCC1C2OC(=O)Cc1cccc(C2CCCCCC2)c1O. The Morgan fingerprint density at radius 1 is 1.00 bits per heavy atom. The van der Waals surface area contributed by atoms with Gasteiger partial charge in [-0.25, -0.2) is 0 Å². The fourth-order valence-corrected chi connectivity index (χ4v) is 6.55. The maximum atomic E-state index is 13.0. The molecule has 3 aliphatic rings. The molecular weight excluding hydrogens is 410 g/mol. The van der Waals surface area contributed by atoms with Crippen LogP contribution < -0.4 is 0 Å². The number of benzene rings is 2. The number of fused-ring (bicyclic) bond motifs is 2. The molecule has 1 saturated heterocycles. The van der Waals surface area contributed by atoms with Crippen molar-refractivity contribution < 1.29 is 14.6 Å². The second-order valence-corrected chi connectivity index (χ2v) is 10.4. The van der Waals surface area contributed by atoms with Gasteiger partial charge in [0.1, 0.15) is 11.9 Å². The van der Waals surface area contributed by atoms with E-state index in [1.165, 1.54) is 31.2 Å². The van der Waals surface area contributed by atoms with Gasteiger partial charge in [-0.15, -0.1) is 0 Å². The van der Waals surface area contributed by atoms with Crippen molar-refractivity contribution in [3.05, 3.63) is 65.2 Å². The first kappa shape index (κ1) is 22.5. The second kappa shape index (κ2) is 9.89. The van der Waals surface area contributed by atoms with Crippen LogP contribution in [-0.2, 0) is 16.0 Å². The van der Waals surface area contributed by atoms with Gasteiger partial charge in [0, 0.05) is 30.1 Å². The molecule has 4 unspecified atom stereocenters. The zero-order chi connectivity index (χ0) is 22.8. The number of phenols is 1. The number of para-hydroxylation sites is 1. The summed E-state index contributed by atoms with van der Waals surface area (Å²) in [4.78, 5) is 15.5. The Morgan fingerprint density at radius 2 is 1.76 bits per heavy atom. The number of carbonyl (C=O) groups is 1. The van der Waals surface area contributed by atoms with Crippen molar-refractivity contribution in [1.29, 1.82) is 0 Å². The zero-order valence-corrected chi connectivity index (χ0v) is 19.8. The lowest BCUT2D eigenvalue weighted by Crippen LogP contribution is -2.37. The van der Waals surface area contributed by atoms with Gasteiger partial charge in [-0.05, 0) is 49.7 Å². The average molecular weight is 448 g/mol. The molecule has 4 nitrogen and oxygen atoms in total. The number of hydrogen-bond donors (Lipinski definition) is 1. The molecule has 2 aromatic rings. The number of phenolic OH excluding ortho intramolecular Hbond substituents is 1. The van der Waals surface area contributed by atoms with Crippen LogP contribution in [0.4, 0.5) is 0 Å². The molecular formula is C29H37NO3. The summed E-state index contributed by atoms with van der Waals surface area (Å²) in [5.41, 5.74) is 3.04. The van der Waals surface area contributed by atoms with E-state index in [1.54, 1.807) is 0 Å². The Labute approximate surface area is 198 Å². The summed E-state index contributed by atoms with van der Waals surface area (Å²) in [5.74, 6) is 0.924. The maximum absolute atomic E-state index is 13.0. The van der Waals surface area contributed by atoms with E-state index in [0.717, 1.165) is 37.8 Å². The van der Waals surface area contributed by atoms with Crippen LogP contribution in [-0.4, -0.2) is 34.7 Å². The standard InChI is InChI=1S/C29H37NO3/c1-20(21-10-7-4-8-11-21)30-19-24-16-17-26(30)29(24)33-27(31)18-23-14-9-15-25(28(23)32)22-12-5-2-3-6-13-22/h4,7-11,14-15,20,22,24,26,29,32H,2-3,5-6,12-13,16-19H2,1H3. The van der Waals surface area contributed by atoms with Crippen molar-refractivity contribution in [1.82, 2.24) is 4.90 Å². The lowest BCUT2D eigenvalue weighted by molar-refractivity contribution is -0.150. The predicted molar refractivity (Wildman–Crippen MR) is 130 cm³/mol. The van der Waals surface area contributed by atoms with Crippen LogP contribution in [0.2, 0.25) is 0 Å². The third-order valence-corrected chi connectivity index (χ3v) is 8.38. The van der Waals surface area contributed by atoms with Crippen LogP contribution in [0, 0.1) is 5.92 Å². The van der Waals surface area contributed by atoms with Crippen LogP contribution in [0.25, 0.3) is 0 Å². The smallest absolute Gasteiger partial charge is 0.310 e. The molecule has 2 aromatic carbocycles. The number of esters is 1. The predicted octanol–water partition coefficient (Wildman–Crippen LogP) is 6.14. The molecule has 4 heteroatoms. The van der Waals surface area contributed by atoms with Gasteiger partial charge in [0.2, 0.25) is 0 Å². The van der Waals surface area contributed by atoms with Gasteiger partial charge in [0.15, 0.2) is 0 Å². The van der Waals surface area contributed by atoms with E-state index >= 15 is 0 Å². The fraction of sp³-hybridized carbons (Fsp3) is 0.552. The highest BCUT2D eigenvalue weighted by Gasteiger charge is 2.50. The average Bonchev–Trinajstić information content (AvgIpc) is 3.23. The molecule has 0 spiro atoms. The molecule has 3 fully saturated rings. The number of aromatic hydroxyl groups is 1. The van der Waals surface area contributed by atoms with Gasteiger partial charge in [0.05, 0.1) is 6.42 Å². The molecule has 2 saturated carbocycles. The molecule has 1 N–H and O–H groups in total. The fourth-order valence-electron chi connectivity index (χ4n) is 6.55. The molecule has 2 bridgehead atoms. The first-order valence-electron chi connectivity index (χ1n) is 12.9. The van der Waals surface area contributed by atoms with E-state index in [-0.39, 0.29) is 18.5 Å². The minimum Gasteiger partial charge on any atom is -0.507 e. The van der Waals surface area contributed by atoms with Crippen LogP contribution in [0.3, 0.4) is 0 Å². The maximum Gasteiger partial charge on any atom is 0.310 e. The van der Waals surface area contributed by atoms with Gasteiger partial charge in [-0.1, -0.05) is 74.2 Å². The number of likely N-dealkylation sites (tertiary alicyclic amines) is 1. The highest BCUT2D eigenvalue weighted by Crippen LogP contribution is 2.44. The van der Waals surface area contributed by atoms with E-state index < -0.39 is 0 Å². The van der Waals surface area contributed by atoms with Crippen molar-refractivity contribution in [2.75, 3.05) is 6.54 Å². The minimum atomic E-state index is -0.209. The van der Waals surface area contributed by atoms with Crippen LogP contribution in [0.5, 0.6) is 5.75 Å². The number of hydrogen-bond acceptors (Lipinski definition) is 4. The van der Waals surface area contributed by atoms with Gasteiger partial charge >= 0.3 is 5.97 Å². The first-order chi connectivity index (χ1) is 16.1. The minimum absolute atomic E-state index is 0.0316. The van der Waals surface area contributed by atoms with Crippen molar-refractivity contribution in [3.8, 4) is 5.75 Å². The molecule has 0 amide bonds. The van der Waals surface area contributed by atoms with E-state index in [1.807, 2.05) is 18.2 Å².